The highest BCUT2D eigenvalue weighted by Crippen LogP contribution is 2.15. The average Bonchev–Trinajstić information content (AvgIpc) is 2.38. The largest absolute Gasteiger partial charge is 0.369 e. The molecule has 1 fully saturated rings. The molecule has 0 atom stereocenters. The quantitative estimate of drug-likeness (QED) is 0.550. The molecule has 0 radical (unpaired) electrons. The van der Waals surface area contributed by atoms with Crippen LogP contribution in [-0.2, 0) is 4.79 Å². The molecule has 0 aromatic heterocycles. The van der Waals surface area contributed by atoms with Crippen molar-refractivity contribution in [3.8, 4) is 11.8 Å². The average molecular weight is 214 g/mol. The van der Waals surface area contributed by atoms with Gasteiger partial charge in [0, 0.05) is 37.4 Å². The van der Waals surface area contributed by atoms with E-state index in [0.717, 1.165) is 31.7 Å². The molecule has 1 aromatic carbocycles. The van der Waals surface area contributed by atoms with Gasteiger partial charge in [0.2, 0.25) is 0 Å². The third kappa shape index (κ3) is 2.62. The highest BCUT2D eigenvalue weighted by molar-refractivity contribution is 5.74. The Morgan fingerprint density at radius 3 is 2.88 bits per heavy atom. The summed E-state index contributed by atoms with van der Waals surface area (Å²) in [5.74, 6) is 5.25. The minimum atomic E-state index is 0.623. The normalized spacial score (nSPS) is 15.1. The molecule has 0 saturated carbocycles. The summed E-state index contributed by atoms with van der Waals surface area (Å²) < 4.78 is 0. The van der Waals surface area contributed by atoms with E-state index < -0.39 is 0 Å². The molecule has 0 amide bonds. The van der Waals surface area contributed by atoms with E-state index in [1.54, 1.807) is 0 Å². The highest BCUT2D eigenvalue weighted by Gasteiger charge is 2.09. The molecule has 2 rings (SSSR count). The predicted molar refractivity (Wildman–Crippen MR) is 64.5 cm³/mol. The molecular weight excluding hydrogens is 200 g/mol. The van der Waals surface area contributed by atoms with E-state index in [1.165, 1.54) is 5.69 Å². The number of benzene rings is 1. The number of rotatable bonds is 1. The second kappa shape index (κ2) is 5.34. The summed E-state index contributed by atoms with van der Waals surface area (Å²) in [5.41, 5.74) is 2.07. The van der Waals surface area contributed by atoms with Crippen molar-refractivity contribution in [2.75, 3.05) is 31.1 Å². The van der Waals surface area contributed by atoms with Crippen molar-refractivity contribution in [1.29, 1.82) is 0 Å². The Bertz CT molecular complexity index is 425. The third-order valence-electron chi connectivity index (χ3n) is 2.60. The summed E-state index contributed by atoms with van der Waals surface area (Å²) in [6.45, 7) is 4.07. The van der Waals surface area contributed by atoms with Gasteiger partial charge in [0.1, 0.15) is 0 Å². The molecule has 1 heterocycles. The zero-order valence-corrected chi connectivity index (χ0v) is 9.07. The number of carbonyl (C=O) groups is 1. The van der Waals surface area contributed by atoms with Crippen LogP contribution in [0.5, 0.6) is 0 Å². The van der Waals surface area contributed by atoms with Crippen LogP contribution in [-0.4, -0.2) is 32.5 Å². The summed E-state index contributed by atoms with van der Waals surface area (Å²) >= 11 is 0. The van der Waals surface area contributed by atoms with Gasteiger partial charge >= 0.3 is 0 Å². The van der Waals surface area contributed by atoms with Crippen LogP contribution < -0.4 is 10.2 Å². The van der Waals surface area contributed by atoms with Gasteiger partial charge in [0.25, 0.3) is 0 Å². The number of hydrogen-bond donors (Lipinski definition) is 1. The van der Waals surface area contributed by atoms with Crippen molar-refractivity contribution in [2.24, 2.45) is 0 Å². The summed E-state index contributed by atoms with van der Waals surface area (Å²) in [6.07, 6.45) is 0.623. The topological polar surface area (TPSA) is 32.3 Å². The van der Waals surface area contributed by atoms with Crippen molar-refractivity contribution in [3.05, 3.63) is 29.8 Å². The Labute approximate surface area is 95.5 Å². The lowest BCUT2D eigenvalue weighted by atomic mass is 10.2. The maximum Gasteiger partial charge on any atom is 0.193 e. The van der Waals surface area contributed by atoms with Gasteiger partial charge in [-0.25, -0.2) is 0 Å². The standard InChI is InChI=1S/C13H14N2O/c16-10-2-4-12-3-1-5-13(11-12)15-8-6-14-7-9-15/h1,3,5,10-11,14H,6-9H2. The fraction of sp³-hybridized carbons (Fsp3) is 0.308. The molecule has 82 valence electrons. The number of nitrogens with one attached hydrogen (secondary N) is 1. The molecule has 3 nitrogen and oxygen atoms in total. The van der Waals surface area contributed by atoms with E-state index in [2.05, 4.69) is 28.1 Å². The van der Waals surface area contributed by atoms with Crippen LogP contribution in [0.4, 0.5) is 5.69 Å². The molecule has 1 aliphatic heterocycles. The number of carbonyl (C=O) groups excluding carboxylic acids is 1. The lowest BCUT2D eigenvalue weighted by molar-refractivity contribution is -0.103. The van der Waals surface area contributed by atoms with E-state index in [9.17, 15) is 4.79 Å². The van der Waals surface area contributed by atoms with Crippen LogP contribution in [0.2, 0.25) is 0 Å². The van der Waals surface area contributed by atoms with Gasteiger partial charge in [-0.1, -0.05) is 12.0 Å². The summed E-state index contributed by atoms with van der Waals surface area (Å²) in [6, 6.07) is 8.01. The molecule has 1 aliphatic rings. The van der Waals surface area contributed by atoms with Gasteiger partial charge in [-0.3, -0.25) is 4.79 Å². The molecule has 0 aliphatic carbocycles. The maximum absolute atomic E-state index is 10.2. The Morgan fingerprint density at radius 2 is 2.12 bits per heavy atom. The van der Waals surface area contributed by atoms with Gasteiger partial charge in [-0.05, 0) is 24.1 Å². The van der Waals surface area contributed by atoms with E-state index in [0.29, 0.717) is 6.29 Å². The van der Waals surface area contributed by atoms with Crippen molar-refractivity contribution in [3.63, 3.8) is 0 Å². The predicted octanol–water partition coefficient (Wildman–Crippen LogP) is 0.647. The summed E-state index contributed by atoms with van der Waals surface area (Å²) in [4.78, 5) is 12.5. The van der Waals surface area contributed by atoms with Crippen LogP contribution in [0.15, 0.2) is 24.3 Å². The fourth-order valence-electron chi connectivity index (χ4n) is 1.82. The first kappa shape index (κ1) is 10.7. The van der Waals surface area contributed by atoms with Gasteiger partial charge in [-0.2, -0.15) is 0 Å². The van der Waals surface area contributed by atoms with Crippen LogP contribution in [0.25, 0.3) is 0 Å². The van der Waals surface area contributed by atoms with Crippen LogP contribution >= 0.6 is 0 Å². The molecule has 1 saturated heterocycles. The van der Waals surface area contributed by atoms with Gasteiger partial charge in [0.05, 0.1) is 0 Å². The van der Waals surface area contributed by atoms with Gasteiger partial charge < -0.3 is 10.2 Å². The lowest BCUT2D eigenvalue weighted by Gasteiger charge is -2.29. The monoisotopic (exact) mass is 214 g/mol. The smallest absolute Gasteiger partial charge is 0.193 e. The first-order chi connectivity index (χ1) is 7.90. The number of piperazine rings is 1. The van der Waals surface area contributed by atoms with E-state index in [1.807, 2.05) is 18.2 Å². The SMILES string of the molecule is O=CC#Cc1cccc(N2CCNCC2)c1. The molecular formula is C13H14N2O. The second-order valence-corrected chi connectivity index (χ2v) is 3.67. The number of hydrogen-bond acceptors (Lipinski definition) is 3. The van der Waals surface area contributed by atoms with Crippen LogP contribution in [0, 0.1) is 11.8 Å². The lowest BCUT2D eigenvalue weighted by Crippen LogP contribution is -2.43. The first-order valence-corrected chi connectivity index (χ1v) is 5.41. The zero-order chi connectivity index (χ0) is 11.2. The van der Waals surface area contributed by atoms with Crippen molar-refractivity contribution < 1.29 is 4.79 Å². The van der Waals surface area contributed by atoms with Crippen molar-refractivity contribution in [1.82, 2.24) is 5.32 Å². The minimum absolute atomic E-state index is 0.623. The second-order valence-electron chi connectivity index (χ2n) is 3.67. The van der Waals surface area contributed by atoms with Crippen molar-refractivity contribution >= 4 is 12.0 Å². The van der Waals surface area contributed by atoms with E-state index in [4.69, 9.17) is 0 Å². The molecule has 1 N–H and O–H groups in total. The number of anilines is 1. The van der Waals surface area contributed by atoms with Gasteiger partial charge in [-0.15, -0.1) is 0 Å². The Balaban J connectivity index is 2.17. The Kier molecular flexibility index (Phi) is 3.58. The number of aldehydes is 1. The molecule has 0 unspecified atom stereocenters. The van der Waals surface area contributed by atoms with Crippen LogP contribution in [0.1, 0.15) is 5.56 Å². The summed E-state index contributed by atoms with van der Waals surface area (Å²) in [7, 11) is 0. The Morgan fingerprint density at radius 1 is 1.31 bits per heavy atom. The zero-order valence-electron chi connectivity index (χ0n) is 9.07. The number of nitrogens with zero attached hydrogens (tertiary/aromatic N) is 1. The van der Waals surface area contributed by atoms with Gasteiger partial charge in [0.15, 0.2) is 6.29 Å². The molecule has 16 heavy (non-hydrogen) atoms. The van der Waals surface area contributed by atoms with Crippen LogP contribution in [0.3, 0.4) is 0 Å². The van der Waals surface area contributed by atoms with E-state index >= 15 is 0 Å². The third-order valence-corrected chi connectivity index (χ3v) is 2.60. The molecule has 0 spiro atoms. The first-order valence-electron chi connectivity index (χ1n) is 5.41. The maximum atomic E-state index is 10.2. The highest BCUT2D eigenvalue weighted by atomic mass is 16.1. The fourth-order valence-corrected chi connectivity index (χ4v) is 1.82. The molecule has 3 heteroatoms. The minimum Gasteiger partial charge on any atom is -0.369 e. The van der Waals surface area contributed by atoms with E-state index in [-0.39, 0.29) is 0 Å². The Hall–Kier alpha value is -1.79. The molecule has 0 bridgehead atoms. The summed E-state index contributed by atoms with van der Waals surface area (Å²) in [5, 5.41) is 3.32. The molecule has 1 aromatic rings. The van der Waals surface area contributed by atoms with Crippen molar-refractivity contribution in [2.45, 2.75) is 0 Å².